The molecule has 140 valence electrons. The minimum absolute atomic E-state index is 0.515. The molecule has 0 atom stereocenters. The van der Waals surface area contributed by atoms with E-state index in [1.54, 1.807) is 24.2 Å². The summed E-state index contributed by atoms with van der Waals surface area (Å²) in [5.41, 5.74) is 1.97. The summed E-state index contributed by atoms with van der Waals surface area (Å²) in [4.78, 5) is 4.09. The lowest BCUT2D eigenvalue weighted by Crippen LogP contribution is -2.03. The van der Waals surface area contributed by atoms with Gasteiger partial charge in [0.25, 0.3) is 0 Å². The van der Waals surface area contributed by atoms with Gasteiger partial charge in [0.1, 0.15) is 5.75 Å². The normalized spacial score (nSPS) is 10.8. The number of hydrogen-bond acceptors (Lipinski definition) is 5. The molecule has 0 N–H and O–H groups in total. The summed E-state index contributed by atoms with van der Waals surface area (Å²) in [7, 11) is 0. The van der Waals surface area contributed by atoms with Crippen molar-refractivity contribution in [2.45, 2.75) is 5.16 Å². The minimum Gasteiger partial charge on any atom is -0.491 e. The Morgan fingerprint density at radius 3 is 2.43 bits per heavy atom. The molecule has 0 spiro atoms. The molecule has 2 aromatic heterocycles. The largest absolute Gasteiger partial charge is 0.491 e. The lowest BCUT2D eigenvalue weighted by molar-refractivity contribution is 0.344. The Labute approximate surface area is 172 Å². The number of halogens is 1. The van der Waals surface area contributed by atoms with E-state index in [-0.39, 0.29) is 0 Å². The lowest BCUT2D eigenvalue weighted by atomic mass is 10.2. The van der Waals surface area contributed by atoms with Crippen LogP contribution in [0.3, 0.4) is 0 Å². The van der Waals surface area contributed by atoms with Crippen LogP contribution in [0.25, 0.3) is 17.1 Å². The van der Waals surface area contributed by atoms with Crippen LogP contribution in [0.4, 0.5) is 0 Å². The fraction of sp³-hybridized carbons (Fsp3) is 0.0952. The van der Waals surface area contributed by atoms with E-state index in [4.69, 9.17) is 16.3 Å². The van der Waals surface area contributed by atoms with E-state index in [9.17, 15) is 0 Å². The zero-order valence-electron chi connectivity index (χ0n) is 14.9. The van der Waals surface area contributed by atoms with E-state index in [1.807, 2.05) is 66.7 Å². The number of para-hydroxylation sites is 2. The van der Waals surface area contributed by atoms with Crippen molar-refractivity contribution in [1.29, 1.82) is 0 Å². The molecular weight excluding hydrogens is 392 g/mol. The first kappa shape index (κ1) is 18.5. The third-order valence-electron chi connectivity index (χ3n) is 3.99. The van der Waals surface area contributed by atoms with Crippen LogP contribution in [0.15, 0.2) is 84.3 Å². The molecule has 4 rings (SSSR count). The molecule has 0 aliphatic heterocycles. The Hall–Kier alpha value is -2.83. The number of thioether (sulfide) groups is 1. The highest BCUT2D eigenvalue weighted by molar-refractivity contribution is 7.99. The van der Waals surface area contributed by atoms with Gasteiger partial charge in [-0.2, -0.15) is 0 Å². The van der Waals surface area contributed by atoms with Crippen LogP contribution in [0.2, 0.25) is 5.02 Å². The van der Waals surface area contributed by atoms with Gasteiger partial charge in [-0.3, -0.25) is 9.55 Å². The molecule has 28 heavy (non-hydrogen) atoms. The molecule has 0 saturated carbocycles. The van der Waals surface area contributed by atoms with Crippen molar-refractivity contribution in [2.24, 2.45) is 0 Å². The summed E-state index contributed by atoms with van der Waals surface area (Å²) in [6.45, 7) is 0.515. The molecule has 0 aliphatic carbocycles. The summed E-state index contributed by atoms with van der Waals surface area (Å²) in [6, 6.07) is 21.4. The van der Waals surface area contributed by atoms with Crippen LogP contribution in [0, 0.1) is 0 Å². The van der Waals surface area contributed by atoms with Gasteiger partial charge in [0, 0.05) is 29.4 Å². The number of benzene rings is 2. The van der Waals surface area contributed by atoms with Gasteiger partial charge in [-0.05, 0) is 36.4 Å². The Morgan fingerprint density at radius 2 is 1.64 bits per heavy atom. The summed E-state index contributed by atoms with van der Waals surface area (Å²) >= 11 is 7.72. The number of pyridine rings is 1. The molecule has 0 fully saturated rings. The zero-order chi connectivity index (χ0) is 19.2. The van der Waals surface area contributed by atoms with E-state index < -0.39 is 0 Å². The molecule has 0 radical (unpaired) electrons. The van der Waals surface area contributed by atoms with Crippen molar-refractivity contribution in [3.63, 3.8) is 0 Å². The van der Waals surface area contributed by atoms with E-state index in [2.05, 4.69) is 19.7 Å². The average Bonchev–Trinajstić information content (AvgIpc) is 3.17. The van der Waals surface area contributed by atoms with Gasteiger partial charge in [0.05, 0.1) is 11.6 Å². The Bertz CT molecular complexity index is 1040. The molecule has 0 aliphatic rings. The Balaban J connectivity index is 1.54. The van der Waals surface area contributed by atoms with Gasteiger partial charge in [-0.25, -0.2) is 0 Å². The third kappa shape index (κ3) is 4.18. The molecule has 0 saturated heterocycles. The van der Waals surface area contributed by atoms with Crippen molar-refractivity contribution in [1.82, 2.24) is 19.7 Å². The SMILES string of the molecule is Clc1ccccc1OCCSc1nnc(-c2ccncc2)n1-c1ccccc1. The molecule has 0 amide bonds. The average molecular weight is 409 g/mol. The van der Waals surface area contributed by atoms with Gasteiger partial charge in [0.2, 0.25) is 0 Å². The first-order chi connectivity index (χ1) is 13.8. The molecule has 2 heterocycles. The first-order valence-corrected chi connectivity index (χ1v) is 10.1. The van der Waals surface area contributed by atoms with Gasteiger partial charge in [0.15, 0.2) is 11.0 Å². The second kappa shape index (κ2) is 8.91. The van der Waals surface area contributed by atoms with Gasteiger partial charge >= 0.3 is 0 Å². The van der Waals surface area contributed by atoms with Crippen molar-refractivity contribution in [3.8, 4) is 22.8 Å². The molecule has 2 aromatic carbocycles. The summed E-state index contributed by atoms with van der Waals surface area (Å²) in [5, 5.41) is 10.2. The summed E-state index contributed by atoms with van der Waals surface area (Å²) in [6.07, 6.45) is 3.51. The predicted molar refractivity (Wildman–Crippen MR) is 112 cm³/mol. The molecule has 7 heteroatoms. The standard InChI is InChI=1S/C21H17ClN4OS/c22-18-8-4-5-9-19(18)27-14-15-28-21-25-24-20(16-10-12-23-13-11-16)26(21)17-6-2-1-3-7-17/h1-13H,14-15H2. The highest BCUT2D eigenvalue weighted by atomic mass is 35.5. The van der Waals surface area contributed by atoms with Gasteiger partial charge in [-0.1, -0.05) is 53.7 Å². The molecule has 0 unspecified atom stereocenters. The van der Waals surface area contributed by atoms with Crippen molar-refractivity contribution >= 4 is 23.4 Å². The topological polar surface area (TPSA) is 52.8 Å². The fourth-order valence-electron chi connectivity index (χ4n) is 2.71. The van der Waals surface area contributed by atoms with Crippen LogP contribution < -0.4 is 4.74 Å². The summed E-state index contributed by atoms with van der Waals surface area (Å²) in [5.74, 6) is 2.18. The second-order valence-electron chi connectivity index (χ2n) is 5.84. The maximum atomic E-state index is 6.13. The number of aromatic nitrogens is 4. The smallest absolute Gasteiger partial charge is 0.196 e. The van der Waals surface area contributed by atoms with E-state index >= 15 is 0 Å². The van der Waals surface area contributed by atoms with E-state index in [1.165, 1.54) is 0 Å². The maximum absolute atomic E-state index is 6.13. The molecule has 5 nitrogen and oxygen atoms in total. The number of rotatable bonds is 7. The second-order valence-corrected chi connectivity index (χ2v) is 7.31. The number of nitrogens with zero attached hydrogens (tertiary/aromatic N) is 4. The van der Waals surface area contributed by atoms with E-state index in [0.717, 1.165) is 22.2 Å². The highest BCUT2D eigenvalue weighted by Crippen LogP contribution is 2.28. The van der Waals surface area contributed by atoms with Crippen molar-refractivity contribution < 1.29 is 4.74 Å². The molecule has 4 aromatic rings. The van der Waals surface area contributed by atoms with E-state index in [0.29, 0.717) is 23.1 Å². The number of ether oxygens (including phenoxy) is 1. The molecule has 0 bridgehead atoms. The van der Waals surface area contributed by atoms with Crippen molar-refractivity contribution in [3.05, 3.63) is 84.1 Å². The van der Waals surface area contributed by atoms with Crippen molar-refractivity contribution in [2.75, 3.05) is 12.4 Å². The maximum Gasteiger partial charge on any atom is 0.196 e. The fourth-order valence-corrected chi connectivity index (χ4v) is 3.67. The Morgan fingerprint density at radius 1 is 0.893 bits per heavy atom. The Kier molecular flexibility index (Phi) is 5.89. The first-order valence-electron chi connectivity index (χ1n) is 8.74. The van der Waals surface area contributed by atoms with Crippen LogP contribution in [-0.2, 0) is 0 Å². The zero-order valence-corrected chi connectivity index (χ0v) is 16.5. The van der Waals surface area contributed by atoms with Gasteiger partial charge in [-0.15, -0.1) is 10.2 Å². The highest BCUT2D eigenvalue weighted by Gasteiger charge is 2.16. The quantitative estimate of drug-likeness (QED) is 0.312. The minimum atomic E-state index is 0.515. The number of hydrogen-bond donors (Lipinski definition) is 0. The monoisotopic (exact) mass is 408 g/mol. The molecular formula is C21H17ClN4OS. The van der Waals surface area contributed by atoms with Crippen LogP contribution >= 0.6 is 23.4 Å². The lowest BCUT2D eigenvalue weighted by Gasteiger charge is -2.11. The van der Waals surface area contributed by atoms with Crippen LogP contribution in [0.5, 0.6) is 5.75 Å². The summed E-state index contributed by atoms with van der Waals surface area (Å²) < 4.78 is 7.83. The predicted octanol–water partition coefficient (Wildman–Crippen LogP) is 5.15. The van der Waals surface area contributed by atoms with Gasteiger partial charge < -0.3 is 4.74 Å². The van der Waals surface area contributed by atoms with Crippen LogP contribution in [-0.4, -0.2) is 32.1 Å². The third-order valence-corrected chi connectivity index (χ3v) is 5.20. The van der Waals surface area contributed by atoms with Crippen LogP contribution in [0.1, 0.15) is 0 Å².